The van der Waals surface area contributed by atoms with Crippen LogP contribution in [0.5, 0.6) is 11.5 Å². The van der Waals surface area contributed by atoms with Crippen molar-refractivity contribution in [2.45, 2.75) is 6.54 Å². The minimum atomic E-state index is -0.421. The highest BCUT2D eigenvalue weighted by Gasteiger charge is 2.05. The van der Waals surface area contributed by atoms with Gasteiger partial charge in [0.05, 0.1) is 25.3 Å². The van der Waals surface area contributed by atoms with Gasteiger partial charge in [0.1, 0.15) is 23.9 Å². The minimum absolute atomic E-state index is 0. The van der Waals surface area contributed by atoms with Gasteiger partial charge in [-0.05, 0) is 36.4 Å². The monoisotopic (exact) mass is 484 g/mol. The summed E-state index contributed by atoms with van der Waals surface area (Å²) < 4.78 is 24.6. The fourth-order valence-electron chi connectivity index (χ4n) is 2.17. The quantitative estimate of drug-likeness (QED) is 0.274. The maximum absolute atomic E-state index is 13.9. The van der Waals surface area contributed by atoms with Crippen LogP contribution in [-0.4, -0.2) is 33.3 Å². The topological polar surface area (TPSA) is 78.7 Å². The predicted molar refractivity (Wildman–Crippen MR) is 113 cm³/mol. The molecule has 144 valence electrons. The van der Waals surface area contributed by atoms with Gasteiger partial charge >= 0.3 is 0 Å². The van der Waals surface area contributed by atoms with E-state index in [1.165, 1.54) is 6.07 Å². The Morgan fingerprint density at radius 2 is 1.85 bits per heavy atom. The molecule has 6 nitrogen and oxygen atoms in total. The maximum Gasteiger partial charge on any atom is 0.191 e. The zero-order chi connectivity index (χ0) is 18.8. The molecule has 27 heavy (non-hydrogen) atoms. The summed E-state index contributed by atoms with van der Waals surface area (Å²) in [5.74, 6) is 1.63. The van der Waals surface area contributed by atoms with Crippen LogP contribution in [0.3, 0.4) is 0 Å². The van der Waals surface area contributed by atoms with E-state index in [1.54, 1.807) is 26.3 Å². The Kier molecular flexibility index (Phi) is 9.96. The molecule has 2 rings (SSSR count). The van der Waals surface area contributed by atoms with Crippen molar-refractivity contribution < 1.29 is 13.9 Å². The number of methoxy groups -OCH3 is 1. The molecular weight excluding hydrogens is 462 g/mol. The number of guanidine groups is 1. The van der Waals surface area contributed by atoms with Crippen LogP contribution in [0.1, 0.15) is 11.1 Å². The summed E-state index contributed by atoms with van der Waals surface area (Å²) in [5.41, 5.74) is 0.755. The number of nitrogens with one attached hydrogen (secondary N) is 2. The van der Waals surface area contributed by atoms with Gasteiger partial charge in [0.25, 0.3) is 0 Å². The lowest BCUT2D eigenvalue weighted by molar-refractivity contribution is 0.321. The first kappa shape index (κ1) is 22.5. The molecule has 0 radical (unpaired) electrons. The number of hydrogen-bond acceptors (Lipinski definition) is 4. The lowest BCUT2D eigenvalue weighted by Crippen LogP contribution is -2.39. The summed E-state index contributed by atoms with van der Waals surface area (Å²) in [6.07, 6.45) is 0. The molecule has 0 aliphatic carbocycles. The fourth-order valence-corrected chi connectivity index (χ4v) is 2.17. The summed E-state index contributed by atoms with van der Waals surface area (Å²) in [5, 5.41) is 14.9. The van der Waals surface area contributed by atoms with Crippen molar-refractivity contribution in [3.05, 3.63) is 59.4 Å². The van der Waals surface area contributed by atoms with Gasteiger partial charge < -0.3 is 20.1 Å². The average molecular weight is 484 g/mol. The first-order valence-corrected chi connectivity index (χ1v) is 8.06. The summed E-state index contributed by atoms with van der Waals surface area (Å²) >= 11 is 0. The van der Waals surface area contributed by atoms with E-state index in [0.717, 1.165) is 11.5 Å². The number of ether oxygens (including phenoxy) is 2. The summed E-state index contributed by atoms with van der Waals surface area (Å²) in [6.45, 7) is 1.23. The van der Waals surface area contributed by atoms with Crippen LogP contribution in [0.4, 0.5) is 4.39 Å². The van der Waals surface area contributed by atoms with Crippen LogP contribution in [-0.2, 0) is 6.54 Å². The van der Waals surface area contributed by atoms with E-state index in [9.17, 15) is 4.39 Å². The molecule has 2 aromatic carbocycles. The van der Waals surface area contributed by atoms with Crippen molar-refractivity contribution in [2.24, 2.45) is 4.99 Å². The number of hydrogen-bond donors (Lipinski definition) is 2. The highest BCUT2D eigenvalue weighted by molar-refractivity contribution is 14.0. The summed E-state index contributed by atoms with van der Waals surface area (Å²) in [6, 6.07) is 13.6. The van der Waals surface area contributed by atoms with Gasteiger partial charge in [-0.15, -0.1) is 24.0 Å². The molecule has 0 aliphatic rings. The fraction of sp³-hybridized carbons (Fsp3) is 0.263. The Morgan fingerprint density at radius 1 is 1.15 bits per heavy atom. The molecule has 0 saturated carbocycles. The Bertz CT molecular complexity index is 791. The van der Waals surface area contributed by atoms with Gasteiger partial charge in [-0.2, -0.15) is 5.26 Å². The van der Waals surface area contributed by atoms with E-state index < -0.39 is 5.82 Å². The van der Waals surface area contributed by atoms with Crippen LogP contribution >= 0.6 is 24.0 Å². The van der Waals surface area contributed by atoms with Gasteiger partial charge in [-0.25, -0.2) is 4.39 Å². The molecule has 2 aromatic rings. The average Bonchev–Trinajstić information content (AvgIpc) is 2.68. The predicted octanol–water partition coefficient (Wildman–Crippen LogP) is 3.07. The van der Waals surface area contributed by atoms with Gasteiger partial charge in [0.15, 0.2) is 5.96 Å². The molecule has 2 N–H and O–H groups in total. The molecule has 0 aromatic heterocycles. The van der Waals surface area contributed by atoms with Crippen LogP contribution in [0, 0.1) is 17.1 Å². The lowest BCUT2D eigenvalue weighted by Gasteiger charge is -2.13. The SMILES string of the molecule is CN=C(NCCOc1ccc(OC)cc1)NCc1ccc(C#N)cc1F.I. The third-order valence-corrected chi connectivity index (χ3v) is 3.57. The second-order valence-electron chi connectivity index (χ2n) is 5.29. The highest BCUT2D eigenvalue weighted by Crippen LogP contribution is 2.16. The Labute approximate surface area is 175 Å². The van der Waals surface area contributed by atoms with Gasteiger partial charge in [0, 0.05) is 19.2 Å². The second-order valence-corrected chi connectivity index (χ2v) is 5.29. The molecule has 0 atom stereocenters. The standard InChI is InChI=1S/C19H21FN4O2.HI/c1-22-19(24-13-15-4-3-14(12-21)11-18(15)20)23-9-10-26-17-7-5-16(25-2)6-8-17;/h3-8,11H,9-10,13H2,1-2H3,(H2,22,23,24);1H. The Balaban J connectivity index is 0.00000364. The second kappa shape index (κ2) is 12.0. The number of nitriles is 1. The van der Waals surface area contributed by atoms with Crippen LogP contribution in [0.2, 0.25) is 0 Å². The van der Waals surface area contributed by atoms with Gasteiger partial charge in [0.2, 0.25) is 0 Å². The molecule has 0 amide bonds. The third kappa shape index (κ3) is 7.30. The third-order valence-electron chi connectivity index (χ3n) is 3.57. The summed E-state index contributed by atoms with van der Waals surface area (Å²) in [7, 11) is 3.25. The van der Waals surface area contributed by atoms with Crippen molar-refractivity contribution in [1.82, 2.24) is 10.6 Å². The molecule has 0 heterocycles. The zero-order valence-corrected chi connectivity index (χ0v) is 17.5. The van der Waals surface area contributed by atoms with Gasteiger partial charge in [-0.3, -0.25) is 4.99 Å². The van der Waals surface area contributed by atoms with E-state index in [-0.39, 0.29) is 30.5 Å². The number of aliphatic imine (C=N–C) groups is 1. The number of benzene rings is 2. The van der Waals surface area contributed by atoms with Crippen molar-refractivity contribution in [1.29, 1.82) is 5.26 Å². The summed E-state index contributed by atoms with van der Waals surface area (Å²) in [4.78, 5) is 4.08. The van der Waals surface area contributed by atoms with E-state index in [4.69, 9.17) is 14.7 Å². The smallest absolute Gasteiger partial charge is 0.191 e. The van der Waals surface area contributed by atoms with E-state index >= 15 is 0 Å². The first-order valence-electron chi connectivity index (χ1n) is 8.06. The highest BCUT2D eigenvalue weighted by atomic mass is 127. The van der Waals surface area contributed by atoms with Crippen LogP contribution < -0.4 is 20.1 Å². The van der Waals surface area contributed by atoms with Crippen molar-refractivity contribution in [3.63, 3.8) is 0 Å². The zero-order valence-electron chi connectivity index (χ0n) is 15.2. The van der Waals surface area contributed by atoms with E-state index in [1.807, 2.05) is 30.3 Å². The first-order chi connectivity index (χ1) is 12.7. The Hall–Kier alpha value is -2.54. The number of rotatable bonds is 7. The molecule has 0 bridgehead atoms. The molecule has 0 spiro atoms. The van der Waals surface area contributed by atoms with Gasteiger partial charge in [-0.1, -0.05) is 6.07 Å². The van der Waals surface area contributed by atoms with Crippen molar-refractivity contribution in [3.8, 4) is 17.6 Å². The molecule has 0 saturated heterocycles. The Morgan fingerprint density at radius 3 is 2.44 bits per heavy atom. The van der Waals surface area contributed by atoms with Crippen LogP contribution in [0.25, 0.3) is 0 Å². The molecular formula is C19H22FIN4O2. The normalized spacial score (nSPS) is 10.4. The molecule has 0 aliphatic heterocycles. The van der Waals surface area contributed by atoms with Crippen LogP contribution in [0.15, 0.2) is 47.5 Å². The number of nitrogens with zero attached hydrogens (tertiary/aromatic N) is 2. The van der Waals surface area contributed by atoms with E-state index in [0.29, 0.717) is 30.2 Å². The van der Waals surface area contributed by atoms with E-state index in [2.05, 4.69) is 15.6 Å². The maximum atomic E-state index is 13.9. The molecule has 0 fully saturated rings. The largest absolute Gasteiger partial charge is 0.497 e. The minimum Gasteiger partial charge on any atom is -0.497 e. The molecule has 0 unspecified atom stereocenters. The van der Waals surface area contributed by atoms with Crippen molar-refractivity contribution in [2.75, 3.05) is 27.3 Å². The van der Waals surface area contributed by atoms with Crippen molar-refractivity contribution >= 4 is 29.9 Å². The lowest BCUT2D eigenvalue weighted by atomic mass is 10.1. The molecule has 8 heteroatoms. The number of halogens is 2.